The third-order valence-corrected chi connectivity index (χ3v) is 4.45. The Bertz CT molecular complexity index is 398. The first kappa shape index (κ1) is 20.0. The lowest BCUT2D eigenvalue weighted by molar-refractivity contribution is 0.289. The molecule has 0 heterocycles. The number of hydrogen-bond acceptors (Lipinski definition) is 2. The molecule has 0 unspecified atom stereocenters. The molecule has 0 aliphatic heterocycles. The van der Waals surface area contributed by atoms with Crippen LogP contribution in [-0.2, 0) is 0 Å². The Hall–Kier alpha value is -1.02. The molecule has 0 aromatic heterocycles. The number of allylic oxidation sites excluding steroid dienone is 5. The zero-order chi connectivity index (χ0) is 16.5. The molecule has 0 saturated heterocycles. The number of unbranched alkanes of at least 4 members (excludes halogenated alkanes) is 1. The smallest absolute Gasteiger partial charge is 0.117 e. The van der Waals surface area contributed by atoms with Crippen LogP contribution >= 0.6 is 0 Å². The normalized spacial score (nSPS) is 18.6. The van der Waals surface area contributed by atoms with Crippen LogP contribution in [0.15, 0.2) is 34.6 Å². The predicted octanol–water partition coefficient (Wildman–Crippen LogP) is 5.70. The summed E-state index contributed by atoms with van der Waals surface area (Å²) in [7, 11) is 0. The molecule has 0 bridgehead atoms. The second-order valence-corrected chi connectivity index (χ2v) is 6.40. The molecule has 0 atom stereocenters. The van der Waals surface area contributed by atoms with Gasteiger partial charge in [0.05, 0.1) is 0 Å². The van der Waals surface area contributed by atoms with Gasteiger partial charge >= 0.3 is 0 Å². The molecule has 0 fully saturated rings. The molecule has 0 amide bonds. The van der Waals surface area contributed by atoms with E-state index < -0.39 is 0 Å². The summed E-state index contributed by atoms with van der Waals surface area (Å²) in [6, 6.07) is 0. The summed E-state index contributed by atoms with van der Waals surface area (Å²) < 4.78 is 0. The molecule has 0 aromatic rings. The maximum absolute atomic E-state index is 10.0. The fourth-order valence-electron chi connectivity index (χ4n) is 2.32. The van der Waals surface area contributed by atoms with Crippen molar-refractivity contribution in [3.8, 4) is 0 Å². The number of hydrogen-bond donors (Lipinski definition) is 2. The van der Waals surface area contributed by atoms with E-state index in [1.54, 1.807) is 0 Å². The topological polar surface area (TPSA) is 40.5 Å². The summed E-state index contributed by atoms with van der Waals surface area (Å²) in [4.78, 5) is 0. The van der Waals surface area contributed by atoms with E-state index in [4.69, 9.17) is 5.11 Å². The molecule has 2 nitrogen and oxygen atoms in total. The zero-order valence-corrected chi connectivity index (χ0v) is 14.8. The van der Waals surface area contributed by atoms with Crippen molar-refractivity contribution in [3.63, 3.8) is 0 Å². The summed E-state index contributed by atoms with van der Waals surface area (Å²) in [5.41, 5.74) is 3.94. The standard InChI is InChI=1S/C13H22O.C6H12O/c1-6-9(2)12(14)11-7-8-13(4,5)10(11)3;1-2-3-4-5-6-7/h14H,6-8H2,1-5H3;2-3,7H,4-6H2,1H3/b12-9-;3-2-. The van der Waals surface area contributed by atoms with Gasteiger partial charge in [-0.1, -0.05) is 38.5 Å². The Morgan fingerprint density at radius 2 is 1.95 bits per heavy atom. The summed E-state index contributed by atoms with van der Waals surface area (Å²) in [5, 5.41) is 18.3. The average molecular weight is 294 g/mol. The molecule has 0 radical (unpaired) electrons. The van der Waals surface area contributed by atoms with Crippen LogP contribution in [0.3, 0.4) is 0 Å². The lowest BCUT2D eigenvalue weighted by Crippen LogP contribution is -2.07. The minimum Gasteiger partial charge on any atom is -0.508 e. The highest BCUT2D eigenvalue weighted by atomic mass is 16.3. The van der Waals surface area contributed by atoms with Crippen molar-refractivity contribution in [2.45, 2.75) is 73.6 Å². The largest absolute Gasteiger partial charge is 0.508 e. The molecule has 2 N–H and O–H groups in total. The van der Waals surface area contributed by atoms with Gasteiger partial charge in [0.15, 0.2) is 0 Å². The van der Waals surface area contributed by atoms with Crippen LogP contribution < -0.4 is 0 Å². The molecule has 1 aliphatic rings. The van der Waals surface area contributed by atoms with E-state index in [0.29, 0.717) is 12.4 Å². The molecule has 0 saturated carbocycles. The predicted molar refractivity (Wildman–Crippen MR) is 92.5 cm³/mol. The molecule has 21 heavy (non-hydrogen) atoms. The van der Waals surface area contributed by atoms with Crippen molar-refractivity contribution in [1.29, 1.82) is 0 Å². The minimum atomic E-state index is 0.275. The van der Waals surface area contributed by atoms with Gasteiger partial charge in [0, 0.05) is 6.61 Å². The Labute approximate surface area is 131 Å². The Kier molecular flexibility index (Phi) is 9.36. The molecule has 0 spiro atoms. The van der Waals surface area contributed by atoms with Crippen molar-refractivity contribution < 1.29 is 10.2 Å². The second kappa shape index (κ2) is 9.83. The van der Waals surface area contributed by atoms with Gasteiger partial charge in [-0.25, -0.2) is 0 Å². The van der Waals surface area contributed by atoms with E-state index in [0.717, 1.165) is 37.7 Å². The lowest BCUT2D eigenvalue weighted by Gasteiger charge is -2.19. The van der Waals surface area contributed by atoms with E-state index in [1.807, 2.05) is 19.9 Å². The summed E-state index contributed by atoms with van der Waals surface area (Å²) in [5.74, 6) is 0.551. The first-order valence-electron chi connectivity index (χ1n) is 8.13. The minimum absolute atomic E-state index is 0.275. The third-order valence-electron chi connectivity index (χ3n) is 4.45. The molecule has 122 valence electrons. The SMILES string of the molecule is C/C=C\CCCO.CC/C(C)=C(\O)C1=C(C)C(C)(C)CC1. The van der Waals surface area contributed by atoms with Crippen molar-refractivity contribution in [1.82, 2.24) is 0 Å². The van der Waals surface area contributed by atoms with Gasteiger partial charge in [0.25, 0.3) is 0 Å². The fraction of sp³-hybridized carbons (Fsp3) is 0.684. The Morgan fingerprint density at radius 1 is 1.33 bits per heavy atom. The van der Waals surface area contributed by atoms with E-state index >= 15 is 0 Å². The van der Waals surface area contributed by atoms with Crippen LogP contribution in [0.5, 0.6) is 0 Å². The maximum Gasteiger partial charge on any atom is 0.117 e. The van der Waals surface area contributed by atoms with Gasteiger partial charge in [0.1, 0.15) is 5.76 Å². The highest BCUT2D eigenvalue weighted by molar-refractivity contribution is 5.38. The van der Waals surface area contributed by atoms with E-state index in [9.17, 15) is 5.11 Å². The van der Waals surface area contributed by atoms with E-state index in [2.05, 4.69) is 33.8 Å². The monoisotopic (exact) mass is 294 g/mol. The molecule has 1 aliphatic carbocycles. The van der Waals surface area contributed by atoms with Crippen molar-refractivity contribution in [2.24, 2.45) is 5.41 Å². The summed E-state index contributed by atoms with van der Waals surface area (Å²) in [6.07, 6.45) is 9.07. The van der Waals surface area contributed by atoms with Gasteiger partial charge in [-0.15, -0.1) is 0 Å². The number of aliphatic hydroxyl groups is 2. The van der Waals surface area contributed by atoms with Crippen molar-refractivity contribution in [3.05, 3.63) is 34.6 Å². The van der Waals surface area contributed by atoms with Crippen LogP contribution in [0.1, 0.15) is 73.6 Å². The van der Waals surface area contributed by atoms with Gasteiger partial charge in [-0.2, -0.15) is 0 Å². The average Bonchev–Trinajstić information content (AvgIpc) is 2.73. The first-order valence-corrected chi connectivity index (χ1v) is 8.13. The van der Waals surface area contributed by atoms with E-state index in [1.165, 1.54) is 11.1 Å². The highest BCUT2D eigenvalue weighted by Crippen LogP contribution is 2.44. The van der Waals surface area contributed by atoms with Crippen LogP contribution in [0.25, 0.3) is 0 Å². The van der Waals surface area contributed by atoms with Gasteiger partial charge in [-0.05, 0) is 69.4 Å². The highest BCUT2D eigenvalue weighted by Gasteiger charge is 2.30. The quantitative estimate of drug-likeness (QED) is 0.388. The van der Waals surface area contributed by atoms with Crippen LogP contribution in [-0.4, -0.2) is 16.8 Å². The van der Waals surface area contributed by atoms with Gasteiger partial charge in [0.2, 0.25) is 0 Å². The molecular formula is C19H34O2. The van der Waals surface area contributed by atoms with Crippen molar-refractivity contribution >= 4 is 0 Å². The van der Waals surface area contributed by atoms with Crippen LogP contribution in [0.4, 0.5) is 0 Å². The van der Waals surface area contributed by atoms with Crippen LogP contribution in [0.2, 0.25) is 0 Å². The van der Waals surface area contributed by atoms with Crippen molar-refractivity contribution in [2.75, 3.05) is 6.61 Å². The summed E-state index contributed by atoms with van der Waals surface area (Å²) in [6.45, 7) is 13.1. The lowest BCUT2D eigenvalue weighted by atomic mass is 9.86. The van der Waals surface area contributed by atoms with E-state index in [-0.39, 0.29) is 5.41 Å². The summed E-state index contributed by atoms with van der Waals surface area (Å²) >= 11 is 0. The fourth-order valence-corrected chi connectivity index (χ4v) is 2.32. The maximum atomic E-state index is 10.0. The molecule has 2 heteroatoms. The third kappa shape index (κ3) is 6.52. The molecule has 1 rings (SSSR count). The van der Waals surface area contributed by atoms with Crippen LogP contribution in [0, 0.1) is 5.41 Å². The number of aliphatic hydroxyl groups excluding tert-OH is 2. The molecular weight excluding hydrogens is 260 g/mol. The number of rotatable bonds is 5. The zero-order valence-electron chi connectivity index (χ0n) is 14.8. The Morgan fingerprint density at radius 3 is 2.33 bits per heavy atom. The van der Waals surface area contributed by atoms with Gasteiger partial charge < -0.3 is 10.2 Å². The first-order chi connectivity index (χ1) is 9.81. The Balaban J connectivity index is 0.000000486. The molecule has 0 aromatic carbocycles. The second-order valence-electron chi connectivity index (χ2n) is 6.40. The van der Waals surface area contributed by atoms with Gasteiger partial charge in [-0.3, -0.25) is 0 Å².